The summed E-state index contributed by atoms with van der Waals surface area (Å²) in [6, 6.07) is 86.4. The molecule has 0 N–H and O–H groups in total. The van der Waals surface area contributed by atoms with Crippen molar-refractivity contribution in [1.29, 1.82) is 0 Å². The highest BCUT2D eigenvalue weighted by molar-refractivity contribution is 6.28. The topological polar surface area (TPSA) is 6.48 Å². The van der Waals surface area contributed by atoms with Crippen molar-refractivity contribution in [3.8, 4) is 44.5 Å². The number of hydrogen-bond donors (Lipinski definition) is 0. The number of nitrogens with zero attached hydrogens (tertiary/aromatic N) is 2. The first-order valence-corrected chi connectivity index (χ1v) is 25.1. The van der Waals surface area contributed by atoms with E-state index in [1.165, 1.54) is 110 Å². The van der Waals surface area contributed by atoms with Crippen LogP contribution in [0.5, 0.6) is 0 Å². The normalized spacial score (nSPS) is 11.5. The summed E-state index contributed by atoms with van der Waals surface area (Å²) in [5, 5.41) is 7.35. The second kappa shape index (κ2) is 18.2. The van der Waals surface area contributed by atoms with Crippen molar-refractivity contribution in [2.24, 2.45) is 0 Å². The molecule has 12 aromatic carbocycles. The summed E-state index contributed by atoms with van der Waals surface area (Å²) in [5.41, 5.74) is 23.6. The lowest BCUT2D eigenvalue weighted by Crippen LogP contribution is -2.12. The quantitative estimate of drug-likeness (QED) is 0.126. The number of rotatable bonds is 10. The molecule has 0 aromatic heterocycles. The summed E-state index contributed by atoms with van der Waals surface area (Å²) in [7, 11) is 0. The van der Waals surface area contributed by atoms with E-state index in [-0.39, 0.29) is 0 Å². The standard InChI is InChI=1S/C70H56N2/c1-45-19-27-61(28-20-45)71(63-41-57(53-15-7-11-47(3)35-53)39-58(42-63)54-16-8-12-48(4)36-54)67-33-25-51-24-32-66-68(34-26-52-23-31-65(67)69(51)70(52)66)72(62-29-21-46(2)22-30-62)64-43-59(55-17-9-13-49(5)37-55)40-60(44-64)56-18-10-14-50(6)38-56/h7-44H,1-6H3. The summed E-state index contributed by atoms with van der Waals surface area (Å²) in [6.07, 6.45) is 0. The first-order valence-electron chi connectivity index (χ1n) is 25.1. The summed E-state index contributed by atoms with van der Waals surface area (Å²) in [4.78, 5) is 4.96. The molecular weight excluding hydrogens is 869 g/mol. The van der Waals surface area contributed by atoms with Crippen molar-refractivity contribution in [1.82, 2.24) is 0 Å². The summed E-state index contributed by atoms with van der Waals surface area (Å²) in [6.45, 7) is 13.0. The van der Waals surface area contributed by atoms with Gasteiger partial charge in [0, 0.05) is 33.5 Å². The number of aryl methyl sites for hydroxylation is 6. The molecule has 346 valence electrons. The molecule has 0 fully saturated rings. The molecule has 0 atom stereocenters. The molecule has 0 unspecified atom stereocenters. The van der Waals surface area contributed by atoms with Crippen molar-refractivity contribution in [2.75, 3.05) is 9.80 Å². The number of hydrogen-bond acceptors (Lipinski definition) is 2. The Bertz CT molecular complexity index is 3600. The third-order valence-corrected chi connectivity index (χ3v) is 14.4. The molecule has 72 heavy (non-hydrogen) atoms. The van der Waals surface area contributed by atoms with Crippen LogP contribution in [-0.2, 0) is 0 Å². The molecule has 0 aliphatic carbocycles. The third kappa shape index (κ3) is 8.35. The van der Waals surface area contributed by atoms with Crippen LogP contribution in [0.1, 0.15) is 33.4 Å². The highest BCUT2D eigenvalue weighted by atomic mass is 15.1. The van der Waals surface area contributed by atoms with Gasteiger partial charge in [0.1, 0.15) is 0 Å². The Morgan fingerprint density at radius 1 is 0.222 bits per heavy atom. The van der Waals surface area contributed by atoms with Gasteiger partial charge in [-0.2, -0.15) is 0 Å². The average molecular weight is 925 g/mol. The van der Waals surface area contributed by atoms with E-state index in [1.54, 1.807) is 0 Å². The second-order valence-corrected chi connectivity index (χ2v) is 19.9. The highest BCUT2D eigenvalue weighted by Crippen LogP contribution is 2.49. The first-order chi connectivity index (χ1) is 35.1. The van der Waals surface area contributed by atoms with Gasteiger partial charge in [0.2, 0.25) is 0 Å². The van der Waals surface area contributed by atoms with Crippen molar-refractivity contribution in [2.45, 2.75) is 41.5 Å². The molecular formula is C70H56N2. The molecule has 12 aromatic rings. The van der Waals surface area contributed by atoms with Crippen LogP contribution < -0.4 is 9.80 Å². The van der Waals surface area contributed by atoms with Gasteiger partial charge in [-0.25, -0.2) is 0 Å². The van der Waals surface area contributed by atoms with Gasteiger partial charge in [-0.05, 0) is 180 Å². The SMILES string of the molecule is Cc1ccc(N(c2cc(-c3cccc(C)c3)cc(-c3cccc(C)c3)c2)c2ccc3ccc4c(N(c5ccc(C)cc5)c5cc(-c6cccc(C)c6)cc(-c6cccc(C)c6)c5)ccc5ccc2c3c54)cc1. The van der Waals surface area contributed by atoms with Crippen molar-refractivity contribution >= 4 is 66.4 Å². The monoisotopic (exact) mass is 924 g/mol. The molecule has 0 saturated carbocycles. The molecule has 0 amide bonds. The van der Waals surface area contributed by atoms with Crippen LogP contribution in [0.15, 0.2) is 231 Å². The minimum absolute atomic E-state index is 1.11. The first kappa shape index (κ1) is 44.5. The maximum Gasteiger partial charge on any atom is 0.0540 e. The lowest BCUT2D eigenvalue weighted by atomic mass is 9.91. The fourth-order valence-electron chi connectivity index (χ4n) is 10.8. The molecule has 0 radical (unpaired) electrons. The van der Waals surface area contributed by atoms with Gasteiger partial charge in [-0.15, -0.1) is 0 Å². The Morgan fingerprint density at radius 3 is 0.833 bits per heavy atom. The van der Waals surface area contributed by atoms with E-state index < -0.39 is 0 Å². The van der Waals surface area contributed by atoms with Crippen LogP contribution >= 0.6 is 0 Å². The highest BCUT2D eigenvalue weighted by Gasteiger charge is 2.24. The van der Waals surface area contributed by atoms with Gasteiger partial charge in [0.05, 0.1) is 11.4 Å². The van der Waals surface area contributed by atoms with Crippen molar-refractivity contribution < 1.29 is 0 Å². The molecule has 2 heteroatoms. The van der Waals surface area contributed by atoms with Gasteiger partial charge in [-0.3, -0.25) is 0 Å². The zero-order valence-electron chi connectivity index (χ0n) is 41.8. The van der Waals surface area contributed by atoms with Crippen LogP contribution in [-0.4, -0.2) is 0 Å². The largest absolute Gasteiger partial charge is 0.310 e. The lowest BCUT2D eigenvalue weighted by molar-refractivity contribution is 1.29. The van der Waals surface area contributed by atoms with Crippen LogP contribution in [0, 0.1) is 41.5 Å². The van der Waals surface area contributed by atoms with E-state index in [0.29, 0.717) is 0 Å². The van der Waals surface area contributed by atoms with Gasteiger partial charge >= 0.3 is 0 Å². The van der Waals surface area contributed by atoms with E-state index in [1.807, 2.05) is 0 Å². The maximum absolute atomic E-state index is 2.48. The third-order valence-electron chi connectivity index (χ3n) is 14.4. The van der Waals surface area contributed by atoms with Gasteiger partial charge in [-0.1, -0.05) is 191 Å². The molecule has 0 aliphatic rings. The van der Waals surface area contributed by atoms with Crippen molar-refractivity contribution in [3.63, 3.8) is 0 Å². The zero-order chi connectivity index (χ0) is 49.0. The van der Waals surface area contributed by atoms with E-state index >= 15 is 0 Å². The van der Waals surface area contributed by atoms with E-state index in [2.05, 4.69) is 282 Å². The van der Waals surface area contributed by atoms with E-state index in [4.69, 9.17) is 0 Å². The second-order valence-electron chi connectivity index (χ2n) is 19.9. The smallest absolute Gasteiger partial charge is 0.0540 e. The fraction of sp³-hybridized carbons (Fsp3) is 0.0857. The number of anilines is 6. The van der Waals surface area contributed by atoms with Gasteiger partial charge in [0.25, 0.3) is 0 Å². The Kier molecular flexibility index (Phi) is 11.3. The predicted molar refractivity (Wildman–Crippen MR) is 310 cm³/mol. The molecule has 0 bridgehead atoms. The van der Waals surface area contributed by atoms with Crippen LogP contribution in [0.25, 0.3) is 76.8 Å². The van der Waals surface area contributed by atoms with Crippen molar-refractivity contribution in [3.05, 3.63) is 264 Å². The Morgan fingerprint density at radius 2 is 0.528 bits per heavy atom. The predicted octanol–water partition coefficient (Wildman–Crippen LogP) is 20.0. The molecule has 0 heterocycles. The van der Waals surface area contributed by atoms with Gasteiger partial charge < -0.3 is 9.80 Å². The van der Waals surface area contributed by atoms with Crippen LogP contribution in [0.4, 0.5) is 34.1 Å². The minimum Gasteiger partial charge on any atom is -0.310 e. The van der Waals surface area contributed by atoms with E-state index in [0.717, 1.165) is 34.1 Å². The molecule has 2 nitrogen and oxygen atoms in total. The summed E-state index contributed by atoms with van der Waals surface area (Å²) in [5.74, 6) is 0. The van der Waals surface area contributed by atoms with E-state index in [9.17, 15) is 0 Å². The van der Waals surface area contributed by atoms with Gasteiger partial charge in [0.15, 0.2) is 0 Å². The Hall–Kier alpha value is -8.72. The molecule has 0 spiro atoms. The Labute approximate surface area is 424 Å². The van der Waals surface area contributed by atoms with Crippen LogP contribution in [0.3, 0.4) is 0 Å². The minimum atomic E-state index is 1.11. The molecule has 12 rings (SSSR count). The maximum atomic E-state index is 2.48. The fourth-order valence-corrected chi connectivity index (χ4v) is 10.8. The average Bonchev–Trinajstić information content (AvgIpc) is 3.39. The lowest BCUT2D eigenvalue weighted by Gasteiger charge is -2.30. The Balaban J connectivity index is 1.10. The van der Waals surface area contributed by atoms with Crippen LogP contribution in [0.2, 0.25) is 0 Å². The zero-order valence-corrected chi connectivity index (χ0v) is 41.8. The molecule has 0 saturated heterocycles. The number of benzene rings is 12. The summed E-state index contributed by atoms with van der Waals surface area (Å²) < 4.78 is 0. The summed E-state index contributed by atoms with van der Waals surface area (Å²) >= 11 is 0. The molecule has 0 aliphatic heterocycles.